The fourth-order valence-corrected chi connectivity index (χ4v) is 5.60. The van der Waals surface area contributed by atoms with Crippen molar-refractivity contribution in [3.05, 3.63) is 0 Å². The third kappa shape index (κ3) is 0.537. The van der Waals surface area contributed by atoms with Crippen LogP contribution in [0.2, 0.25) is 0 Å². The molecular formula is C13H8N4. The zero-order valence-corrected chi connectivity index (χ0v) is 8.96. The van der Waals surface area contributed by atoms with Crippen LogP contribution in [0.4, 0.5) is 0 Å². The Balaban J connectivity index is 2.04. The molecule has 0 unspecified atom stereocenters. The Hall–Kier alpha value is -2.04. The fourth-order valence-electron chi connectivity index (χ4n) is 5.60. The van der Waals surface area contributed by atoms with Crippen LogP contribution in [0.25, 0.3) is 0 Å². The average molecular weight is 220 g/mol. The van der Waals surface area contributed by atoms with E-state index in [9.17, 15) is 21.0 Å². The summed E-state index contributed by atoms with van der Waals surface area (Å²) in [4.78, 5) is 0. The molecule has 0 amide bonds. The van der Waals surface area contributed by atoms with Gasteiger partial charge in [0, 0.05) is 11.8 Å². The number of hydrogen-bond acceptors (Lipinski definition) is 4. The monoisotopic (exact) mass is 220 g/mol. The van der Waals surface area contributed by atoms with Crippen molar-refractivity contribution < 1.29 is 0 Å². The molecule has 5 saturated carbocycles. The van der Waals surface area contributed by atoms with E-state index in [0.29, 0.717) is 17.8 Å². The summed E-state index contributed by atoms with van der Waals surface area (Å²) in [5.41, 5.74) is -2.75. The van der Waals surface area contributed by atoms with Gasteiger partial charge in [0.05, 0.1) is 24.3 Å². The van der Waals surface area contributed by atoms with E-state index < -0.39 is 10.8 Å². The van der Waals surface area contributed by atoms with Crippen molar-refractivity contribution in [2.45, 2.75) is 6.42 Å². The first-order valence-corrected chi connectivity index (χ1v) is 5.87. The van der Waals surface area contributed by atoms with Gasteiger partial charge in [0.2, 0.25) is 0 Å². The van der Waals surface area contributed by atoms with Gasteiger partial charge in [-0.05, 0) is 30.1 Å². The molecule has 0 aromatic rings. The van der Waals surface area contributed by atoms with Crippen LogP contribution in [0.3, 0.4) is 0 Å². The summed E-state index contributed by atoms with van der Waals surface area (Å²) in [5.74, 6) is 1.75. The molecule has 0 aliphatic heterocycles. The van der Waals surface area contributed by atoms with E-state index in [-0.39, 0.29) is 17.8 Å². The van der Waals surface area contributed by atoms with Crippen LogP contribution in [0.1, 0.15) is 6.42 Å². The Morgan fingerprint density at radius 2 is 1.12 bits per heavy atom. The summed E-state index contributed by atoms with van der Waals surface area (Å²) in [6, 6.07) is 8.24. The zero-order valence-electron chi connectivity index (χ0n) is 8.96. The van der Waals surface area contributed by atoms with Gasteiger partial charge < -0.3 is 0 Å². The minimum absolute atomic E-state index is 0.0169. The molecule has 0 heterocycles. The van der Waals surface area contributed by atoms with Crippen LogP contribution in [0.15, 0.2) is 0 Å². The lowest BCUT2D eigenvalue weighted by molar-refractivity contribution is 0.178. The Morgan fingerprint density at radius 3 is 1.41 bits per heavy atom. The molecule has 4 heteroatoms. The highest BCUT2D eigenvalue weighted by Gasteiger charge is 2.90. The molecule has 0 aromatic carbocycles. The van der Waals surface area contributed by atoms with Crippen molar-refractivity contribution in [1.29, 1.82) is 21.0 Å². The third-order valence-electron chi connectivity index (χ3n) is 5.92. The molecule has 5 aliphatic carbocycles. The Kier molecular flexibility index (Phi) is 1.15. The number of nitrogens with zero attached hydrogens (tertiary/aromatic N) is 4. The summed E-state index contributed by atoms with van der Waals surface area (Å²) >= 11 is 0. The van der Waals surface area contributed by atoms with Crippen LogP contribution >= 0.6 is 0 Å². The molecule has 0 spiro atoms. The maximum absolute atomic E-state index is 9.43. The minimum Gasteiger partial charge on any atom is -0.196 e. The number of rotatable bonds is 0. The molecular weight excluding hydrogens is 212 g/mol. The first-order chi connectivity index (χ1) is 8.22. The van der Waals surface area contributed by atoms with E-state index >= 15 is 0 Å². The van der Waals surface area contributed by atoms with E-state index in [1.165, 1.54) is 0 Å². The van der Waals surface area contributed by atoms with Gasteiger partial charge in [0.15, 0.2) is 10.8 Å². The van der Waals surface area contributed by atoms with Gasteiger partial charge in [-0.2, -0.15) is 21.0 Å². The van der Waals surface area contributed by atoms with Crippen molar-refractivity contribution in [1.82, 2.24) is 0 Å². The van der Waals surface area contributed by atoms with Crippen molar-refractivity contribution in [2.24, 2.45) is 46.3 Å². The molecule has 4 atom stereocenters. The lowest BCUT2D eigenvalue weighted by Crippen LogP contribution is -2.44. The second-order valence-corrected chi connectivity index (χ2v) is 5.83. The normalized spacial score (nSPS) is 52.0. The molecule has 6 bridgehead atoms. The lowest BCUT2D eigenvalue weighted by atomic mass is 9.58. The summed E-state index contributed by atoms with van der Waals surface area (Å²) in [7, 11) is 0. The molecule has 17 heavy (non-hydrogen) atoms. The Bertz CT molecular complexity index is 527. The van der Waals surface area contributed by atoms with Gasteiger partial charge in [0.25, 0.3) is 0 Å². The number of hydrogen-bond donors (Lipinski definition) is 0. The smallest absolute Gasteiger partial charge is 0.179 e. The quantitative estimate of drug-likeness (QED) is 0.612. The second kappa shape index (κ2) is 2.16. The zero-order chi connectivity index (χ0) is 12.0. The standard InChI is InChI=1S/C13H8N4/c14-2-12(3-15)10-7-1-6-8(10)9(6)11(7)13(12,4-16)5-17/h6-11H,1H2/t6?,7?,8-,9-,10+,11+/m1/s1. The maximum Gasteiger partial charge on any atom is 0.179 e. The Morgan fingerprint density at radius 1 is 0.706 bits per heavy atom. The predicted molar refractivity (Wildman–Crippen MR) is 52.9 cm³/mol. The van der Waals surface area contributed by atoms with Gasteiger partial charge in [-0.25, -0.2) is 0 Å². The highest BCUT2D eigenvalue weighted by molar-refractivity contribution is 5.49. The molecule has 0 radical (unpaired) electrons. The third-order valence-corrected chi connectivity index (χ3v) is 5.92. The van der Waals surface area contributed by atoms with E-state index in [0.717, 1.165) is 6.42 Å². The van der Waals surface area contributed by atoms with Crippen molar-refractivity contribution in [3.8, 4) is 24.3 Å². The SMILES string of the molecule is N#CC1(C#N)[C@H]2C3CC4[C@@H]2[C@@H]4[C@H]3C1(C#N)C#N. The van der Waals surface area contributed by atoms with Crippen LogP contribution in [-0.4, -0.2) is 0 Å². The summed E-state index contributed by atoms with van der Waals surface area (Å²) in [6.45, 7) is 0. The van der Waals surface area contributed by atoms with Gasteiger partial charge in [-0.1, -0.05) is 0 Å². The highest BCUT2D eigenvalue weighted by Crippen LogP contribution is 2.88. The van der Waals surface area contributed by atoms with Crippen molar-refractivity contribution in [3.63, 3.8) is 0 Å². The summed E-state index contributed by atoms with van der Waals surface area (Å²) in [6.07, 6.45) is 1.03. The molecule has 4 nitrogen and oxygen atoms in total. The van der Waals surface area contributed by atoms with Gasteiger partial charge >= 0.3 is 0 Å². The molecule has 0 saturated heterocycles. The van der Waals surface area contributed by atoms with Gasteiger partial charge in [0.1, 0.15) is 0 Å². The topological polar surface area (TPSA) is 95.2 Å². The van der Waals surface area contributed by atoms with Crippen molar-refractivity contribution >= 4 is 0 Å². The summed E-state index contributed by atoms with van der Waals surface area (Å²) in [5, 5.41) is 37.7. The Labute approximate surface area is 98.7 Å². The molecule has 80 valence electrons. The first kappa shape index (κ1) is 9.04. The first-order valence-electron chi connectivity index (χ1n) is 5.87. The molecule has 0 N–H and O–H groups in total. The fraction of sp³-hybridized carbons (Fsp3) is 0.692. The average Bonchev–Trinajstić information content (AvgIpc) is 2.77. The predicted octanol–water partition coefficient (Wildman–Crippen LogP) is 1.20. The van der Waals surface area contributed by atoms with E-state index in [1.54, 1.807) is 0 Å². The van der Waals surface area contributed by atoms with E-state index in [2.05, 4.69) is 24.3 Å². The second-order valence-electron chi connectivity index (χ2n) is 5.83. The summed E-state index contributed by atoms with van der Waals surface area (Å²) < 4.78 is 0. The van der Waals surface area contributed by atoms with Crippen LogP contribution in [0, 0.1) is 91.7 Å². The highest BCUT2D eigenvalue weighted by atomic mass is 14.9. The molecule has 0 aromatic heterocycles. The molecule has 5 aliphatic rings. The molecule has 5 fully saturated rings. The van der Waals surface area contributed by atoms with Crippen molar-refractivity contribution in [2.75, 3.05) is 0 Å². The van der Waals surface area contributed by atoms with Gasteiger partial charge in [-0.3, -0.25) is 0 Å². The van der Waals surface area contributed by atoms with E-state index in [4.69, 9.17) is 0 Å². The maximum atomic E-state index is 9.43. The van der Waals surface area contributed by atoms with Gasteiger partial charge in [-0.15, -0.1) is 0 Å². The van der Waals surface area contributed by atoms with Crippen LogP contribution < -0.4 is 0 Å². The van der Waals surface area contributed by atoms with E-state index in [1.807, 2.05) is 0 Å². The molecule has 5 rings (SSSR count). The van der Waals surface area contributed by atoms with Crippen LogP contribution in [-0.2, 0) is 0 Å². The minimum atomic E-state index is -1.38. The number of nitriles is 4. The van der Waals surface area contributed by atoms with Crippen LogP contribution in [0.5, 0.6) is 0 Å². The largest absolute Gasteiger partial charge is 0.196 e. The lowest BCUT2D eigenvalue weighted by Gasteiger charge is -2.34.